The molecule has 1 unspecified atom stereocenters. The lowest BCUT2D eigenvalue weighted by molar-refractivity contribution is -0.704. The predicted molar refractivity (Wildman–Crippen MR) is 107 cm³/mol. The lowest BCUT2D eigenvalue weighted by atomic mass is 10.1. The smallest absolute Gasteiger partial charge is 0.442 e. The Bertz CT molecular complexity index is 1060. The third-order valence-corrected chi connectivity index (χ3v) is 5.53. The van der Waals surface area contributed by atoms with Gasteiger partial charge in [-0.1, -0.05) is 37.3 Å². The van der Waals surface area contributed by atoms with Gasteiger partial charge in [0.1, 0.15) is 0 Å². The molecule has 3 aromatic rings. The molecule has 0 saturated heterocycles. The Hall–Kier alpha value is -3.33. The van der Waals surface area contributed by atoms with E-state index in [1.807, 2.05) is 37.3 Å². The number of nitrogens with zero attached hydrogens (tertiary/aromatic N) is 1. The number of hydrogen-bond acceptors (Lipinski definition) is 6. The molecule has 1 atom stereocenters. The Balaban J connectivity index is 1.84. The van der Waals surface area contributed by atoms with Crippen LogP contribution in [0.5, 0.6) is 0 Å². The summed E-state index contributed by atoms with van der Waals surface area (Å²) >= 11 is 1.09. The average molecular weight is 414 g/mol. The Morgan fingerprint density at radius 1 is 1.17 bits per heavy atom. The van der Waals surface area contributed by atoms with Crippen LogP contribution in [0.3, 0.4) is 0 Å². The van der Waals surface area contributed by atoms with Crippen molar-refractivity contribution in [1.29, 1.82) is 0 Å². The summed E-state index contributed by atoms with van der Waals surface area (Å²) in [5, 5.41) is 4.97. The minimum atomic E-state index is -0.589. The third kappa shape index (κ3) is 4.57. The van der Waals surface area contributed by atoms with Crippen LogP contribution in [0.2, 0.25) is 0 Å². The van der Waals surface area contributed by atoms with E-state index in [1.165, 1.54) is 11.8 Å². The van der Waals surface area contributed by atoms with Crippen molar-refractivity contribution < 1.29 is 23.5 Å². The maximum Gasteiger partial charge on any atom is 0.442 e. The predicted octanol–water partition coefficient (Wildman–Crippen LogP) is 2.54. The molecule has 0 spiro atoms. The molecule has 0 aliphatic heterocycles. The number of aromatic amines is 1. The van der Waals surface area contributed by atoms with Crippen LogP contribution in [0.15, 0.2) is 68.9 Å². The van der Waals surface area contributed by atoms with E-state index in [9.17, 15) is 14.4 Å². The van der Waals surface area contributed by atoms with Crippen molar-refractivity contribution in [2.75, 3.05) is 12.4 Å². The molecule has 1 amide bonds. The number of rotatable bonds is 7. The molecule has 0 radical (unpaired) electrons. The number of carbonyl (C=O) groups is 2. The molecule has 1 heterocycles. The fourth-order valence-corrected chi connectivity index (χ4v) is 3.65. The Labute approximate surface area is 170 Å². The van der Waals surface area contributed by atoms with Crippen molar-refractivity contribution in [3.63, 3.8) is 0 Å². The van der Waals surface area contributed by atoms with Crippen LogP contribution in [-0.4, -0.2) is 29.5 Å². The van der Waals surface area contributed by atoms with Crippen molar-refractivity contribution >= 4 is 29.3 Å². The zero-order valence-corrected chi connectivity index (χ0v) is 16.7. The highest BCUT2D eigenvalue weighted by Gasteiger charge is 2.30. The summed E-state index contributed by atoms with van der Waals surface area (Å²) in [4.78, 5) is 37.0. The number of nitrogens with one attached hydrogen (secondary N) is 2. The Morgan fingerprint density at radius 3 is 2.55 bits per heavy atom. The van der Waals surface area contributed by atoms with E-state index in [0.29, 0.717) is 17.8 Å². The lowest BCUT2D eigenvalue weighted by Gasteiger charge is -2.14. The average Bonchev–Trinajstić information content (AvgIpc) is 3.12. The molecule has 2 aromatic carbocycles. The molecule has 150 valence electrons. The number of hydrogen-bond donors (Lipinski definition) is 2. The van der Waals surface area contributed by atoms with Gasteiger partial charge in [-0.05, 0) is 40.3 Å². The number of carbonyl (C=O) groups excluding carboxylic acids is 2. The van der Waals surface area contributed by atoms with Gasteiger partial charge in [-0.25, -0.2) is 9.59 Å². The number of anilines is 1. The molecular weight excluding hydrogens is 394 g/mol. The molecule has 2 N–H and O–H groups in total. The summed E-state index contributed by atoms with van der Waals surface area (Å²) < 4.78 is 11.2. The zero-order chi connectivity index (χ0) is 20.8. The van der Waals surface area contributed by atoms with Gasteiger partial charge < -0.3 is 10.1 Å². The third-order valence-electron chi connectivity index (χ3n) is 4.13. The minimum Gasteiger partial charge on any atom is -0.465 e. The van der Waals surface area contributed by atoms with E-state index in [1.54, 1.807) is 24.3 Å². The van der Waals surface area contributed by atoms with Gasteiger partial charge in [-0.15, -0.1) is 0 Å². The first-order valence-electron chi connectivity index (χ1n) is 8.89. The van der Waals surface area contributed by atoms with E-state index in [0.717, 1.165) is 11.8 Å². The van der Waals surface area contributed by atoms with Crippen molar-refractivity contribution in [1.82, 2.24) is 5.27 Å². The van der Waals surface area contributed by atoms with Gasteiger partial charge in [0.25, 0.3) is 0 Å². The summed E-state index contributed by atoms with van der Waals surface area (Å²) in [7, 11) is 1.28. The summed E-state index contributed by atoms with van der Waals surface area (Å²) in [6.45, 7) is 1.84. The molecule has 1 aromatic heterocycles. The Morgan fingerprint density at radius 2 is 1.86 bits per heavy atom. The molecule has 0 fully saturated rings. The molecule has 9 heteroatoms. The maximum absolute atomic E-state index is 12.9. The first-order chi connectivity index (χ1) is 14.0. The van der Waals surface area contributed by atoms with Crippen molar-refractivity contribution in [2.24, 2.45) is 0 Å². The number of esters is 1. The second-order valence-corrected chi connectivity index (χ2v) is 7.19. The standard InChI is InChI=1S/C20H19N3O5S/c1-3-16(17(24)21-15-12-8-7-11-14(15)19(25)27-2)29-18-20(26)28-22-23(18)13-9-5-4-6-10-13/h4-12,16H,3H2,1-2H3,(H-,21,22,24,25,26)/p+1. The summed E-state index contributed by atoms with van der Waals surface area (Å²) in [5.74, 6) is -0.885. The fraction of sp³-hybridized carbons (Fsp3) is 0.200. The number of thioether (sulfide) groups is 1. The summed E-state index contributed by atoms with van der Waals surface area (Å²) in [6, 6.07) is 15.7. The first kappa shape index (κ1) is 20.4. The van der Waals surface area contributed by atoms with Crippen LogP contribution in [-0.2, 0) is 9.53 Å². The van der Waals surface area contributed by atoms with Crippen LogP contribution in [0.1, 0.15) is 23.7 Å². The molecule has 0 aliphatic carbocycles. The van der Waals surface area contributed by atoms with Gasteiger partial charge in [-0.3, -0.25) is 9.32 Å². The van der Waals surface area contributed by atoms with Gasteiger partial charge in [0.15, 0.2) is 0 Å². The molecule has 29 heavy (non-hydrogen) atoms. The number of benzene rings is 2. The largest absolute Gasteiger partial charge is 0.465 e. The van der Waals surface area contributed by atoms with E-state index >= 15 is 0 Å². The first-order valence-corrected chi connectivity index (χ1v) is 9.77. The highest BCUT2D eigenvalue weighted by atomic mass is 32.2. The van der Waals surface area contributed by atoms with Crippen molar-refractivity contribution in [3.8, 4) is 5.69 Å². The van der Waals surface area contributed by atoms with Crippen LogP contribution in [0.4, 0.5) is 5.69 Å². The number of para-hydroxylation sites is 2. The van der Waals surface area contributed by atoms with E-state index in [2.05, 4.69) is 10.6 Å². The highest BCUT2D eigenvalue weighted by Crippen LogP contribution is 2.24. The number of amides is 1. The summed E-state index contributed by atoms with van der Waals surface area (Å²) in [5.41, 5.74) is 0.733. The fourth-order valence-electron chi connectivity index (χ4n) is 2.66. The minimum absolute atomic E-state index is 0.249. The lowest BCUT2D eigenvalue weighted by Crippen LogP contribution is -2.37. The van der Waals surface area contributed by atoms with Crippen LogP contribution < -0.4 is 15.6 Å². The molecule has 0 saturated carbocycles. The van der Waals surface area contributed by atoms with Gasteiger partial charge in [0.2, 0.25) is 11.6 Å². The van der Waals surface area contributed by atoms with Crippen LogP contribution in [0.25, 0.3) is 5.69 Å². The van der Waals surface area contributed by atoms with Gasteiger partial charge in [0, 0.05) is 12.1 Å². The van der Waals surface area contributed by atoms with E-state index < -0.39 is 16.8 Å². The number of H-pyrrole nitrogens is 1. The second kappa shape index (κ2) is 9.24. The Kier molecular flexibility index (Phi) is 6.50. The van der Waals surface area contributed by atoms with Crippen molar-refractivity contribution in [2.45, 2.75) is 23.6 Å². The van der Waals surface area contributed by atoms with Gasteiger partial charge >= 0.3 is 16.6 Å². The molecule has 3 rings (SSSR count). The quantitative estimate of drug-likeness (QED) is 0.350. The molecule has 0 aliphatic rings. The number of methoxy groups -OCH3 is 1. The maximum atomic E-state index is 12.9. The SMILES string of the molecule is CCC(Sc1c(=O)o[nH][n+]1-c1ccccc1)C(=O)Nc1ccccc1C(=O)OC. The number of aromatic nitrogens is 2. The topological polar surface area (TPSA) is 105 Å². The normalized spacial score (nSPS) is 11.7. The monoisotopic (exact) mass is 414 g/mol. The van der Waals surface area contributed by atoms with E-state index in [4.69, 9.17) is 9.26 Å². The van der Waals surface area contributed by atoms with Crippen LogP contribution in [0, 0.1) is 0 Å². The van der Waals surface area contributed by atoms with Crippen molar-refractivity contribution in [3.05, 3.63) is 70.6 Å². The van der Waals surface area contributed by atoms with Crippen LogP contribution >= 0.6 is 11.8 Å². The summed E-state index contributed by atoms with van der Waals surface area (Å²) in [6.07, 6.45) is 0.455. The zero-order valence-electron chi connectivity index (χ0n) is 15.9. The highest BCUT2D eigenvalue weighted by molar-refractivity contribution is 8.00. The molecular formula is C20H20N3O5S+. The van der Waals surface area contributed by atoms with E-state index in [-0.39, 0.29) is 16.5 Å². The molecule has 0 bridgehead atoms. The van der Waals surface area contributed by atoms with Gasteiger partial charge in [-0.2, -0.15) is 0 Å². The number of ether oxygens (including phenoxy) is 1. The van der Waals surface area contributed by atoms with Gasteiger partial charge in [0.05, 0.1) is 23.6 Å². The molecule has 8 nitrogen and oxygen atoms in total. The second-order valence-electron chi connectivity index (χ2n) is 6.00.